The first-order valence-corrected chi connectivity index (χ1v) is 8.77. The predicted molar refractivity (Wildman–Crippen MR) is 103 cm³/mol. The molecule has 0 fully saturated rings. The number of rotatable bonds is 4. The molecule has 1 amide bonds. The molecule has 1 atom stereocenters. The number of nitrogens with zero attached hydrogens (tertiary/aromatic N) is 3. The Bertz CT molecular complexity index is 832. The van der Waals surface area contributed by atoms with E-state index in [0.29, 0.717) is 6.54 Å². The molecule has 0 saturated heterocycles. The molecule has 8 nitrogen and oxygen atoms in total. The summed E-state index contributed by atoms with van der Waals surface area (Å²) in [6.45, 7) is 3.18. The molecule has 1 aliphatic rings. The number of nitrogens with one attached hydrogen (secondary N) is 2. The van der Waals surface area contributed by atoms with Gasteiger partial charge >= 0.3 is 0 Å². The Kier molecular flexibility index (Phi) is 4.87. The van der Waals surface area contributed by atoms with Crippen molar-refractivity contribution in [1.82, 2.24) is 15.3 Å². The molecule has 2 heterocycles. The molecule has 1 aliphatic heterocycles. The van der Waals surface area contributed by atoms with Crippen LogP contribution in [0.15, 0.2) is 22.7 Å². The van der Waals surface area contributed by atoms with Gasteiger partial charge in [0.1, 0.15) is 6.17 Å². The van der Waals surface area contributed by atoms with Crippen molar-refractivity contribution in [2.75, 3.05) is 34.8 Å². The van der Waals surface area contributed by atoms with Crippen molar-refractivity contribution in [3.05, 3.63) is 33.5 Å². The number of hydrogen-bond acceptors (Lipinski definition) is 7. The molecule has 132 valence electrons. The molecule has 0 spiro atoms. The van der Waals surface area contributed by atoms with Gasteiger partial charge in [-0.2, -0.15) is 0 Å². The van der Waals surface area contributed by atoms with E-state index in [-0.39, 0.29) is 28.6 Å². The topological polar surface area (TPSA) is 122 Å². The van der Waals surface area contributed by atoms with Crippen molar-refractivity contribution in [2.45, 2.75) is 13.1 Å². The highest BCUT2D eigenvalue weighted by atomic mass is 79.9. The highest BCUT2D eigenvalue weighted by molar-refractivity contribution is 9.10. The van der Waals surface area contributed by atoms with Gasteiger partial charge in [-0.25, -0.2) is 9.97 Å². The lowest BCUT2D eigenvalue weighted by atomic mass is 10.2. The molecule has 10 heteroatoms. The van der Waals surface area contributed by atoms with Gasteiger partial charge in [-0.3, -0.25) is 4.79 Å². The number of likely N-dealkylation sites (N-methyl/N-ethyl adjacent to an activating group) is 1. The summed E-state index contributed by atoms with van der Waals surface area (Å²) >= 11 is 9.30. The van der Waals surface area contributed by atoms with Crippen LogP contribution in [0.5, 0.6) is 0 Å². The number of carbonyl (C=O) groups excluding carboxylic acids is 1. The zero-order valence-electron chi connectivity index (χ0n) is 13.4. The van der Waals surface area contributed by atoms with Crippen LogP contribution in [0.1, 0.15) is 17.4 Å². The second-order valence-corrected chi connectivity index (χ2v) is 6.72. The summed E-state index contributed by atoms with van der Waals surface area (Å²) in [4.78, 5) is 22.2. The molecule has 1 unspecified atom stereocenters. The maximum absolute atomic E-state index is 12.4. The Labute approximate surface area is 158 Å². The largest absolute Gasteiger partial charge is 0.382 e. The molecule has 0 bridgehead atoms. The van der Waals surface area contributed by atoms with Crippen molar-refractivity contribution < 1.29 is 4.79 Å². The van der Waals surface area contributed by atoms with Gasteiger partial charge in [0.05, 0.1) is 17.9 Å². The summed E-state index contributed by atoms with van der Waals surface area (Å²) < 4.78 is 0.996. The van der Waals surface area contributed by atoms with Crippen LogP contribution in [0.3, 0.4) is 0 Å². The number of carbonyl (C=O) groups is 1. The van der Waals surface area contributed by atoms with E-state index < -0.39 is 5.91 Å². The SMILES string of the molecule is CCN1c2cc(Br)ccc2NC1CNC(=O)c1nc(Cl)c(N)nc1N. The van der Waals surface area contributed by atoms with Gasteiger partial charge in [0.25, 0.3) is 5.91 Å². The van der Waals surface area contributed by atoms with Crippen molar-refractivity contribution in [3.63, 3.8) is 0 Å². The van der Waals surface area contributed by atoms with Crippen LogP contribution in [-0.4, -0.2) is 35.1 Å². The minimum absolute atomic E-state index is 0.00800. The lowest BCUT2D eigenvalue weighted by Gasteiger charge is -2.25. The van der Waals surface area contributed by atoms with Crippen LogP contribution in [0.4, 0.5) is 23.0 Å². The molecule has 2 aromatic rings. The number of nitrogens with two attached hydrogens (primary N) is 2. The number of aromatic nitrogens is 2. The molecule has 25 heavy (non-hydrogen) atoms. The van der Waals surface area contributed by atoms with Crippen LogP contribution >= 0.6 is 27.5 Å². The molecule has 1 aromatic carbocycles. The number of anilines is 4. The molecule has 1 aromatic heterocycles. The monoisotopic (exact) mass is 425 g/mol. The van der Waals surface area contributed by atoms with Gasteiger partial charge < -0.3 is 27.0 Å². The average molecular weight is 427 g/mol. The van der Waals surface area contributed by atoms with Crippen molar-refractivity contribution >= 4 is 56.4 Å². The Hall–Kier alpha value is -2.26. The molecule has 6 N–H and O–H groups in total. The maximum Gasteiger partial charge on any atom is 0.273 e. The fourth-order valence-electron chi connectivity index (χ4n) is 2.72. The van der Waals surface area contributed by atoms with Gasteiger partial charge in [0.2, 0.25) is 0 Å². The molecular formula is C15H17BrClN7O. The molecule has 0 aliphatic carbocycles. The third-order valence-electron chi connectivity index (χ3n) is 3.88. The number of amides is 1. The standard InChI is InChI=1S/C15H17BrClN7O/c1-2-24-9-5-7(16)3-4-8(9)21-10(24)6-20-15(25)11-13(18)23-14(19)12(17)22-11/h3-5,10,21H,2,6H2,1H3,(H,20,25)(H4,18,19,23). The quantitative estimate of drug-likeness (QED) is 0.590. The summed E-state index contributed by atoms with van der Waals surface area (Å²) in [5.74, 6) is -0.522. The summed E-state index contributed by atoms with van der Waals surface area (Å²) in [7, 11) is 0. The molecular weight excluding hydrogens is 410 g/mol. The third-order valence-corrected chi connectivity index (χ3v) is 4.66. The van der Waals surface area contributed by atoms with Crippen LogP contribution < -0.4 is 27.0 Å². The lowest BCUT2D eigenvalue weighted by Crippen LogP contribution is -2.45. The maximum atomic E-state index is 12.4. The van der Waals surface area contributed by atoms with Crippen LogP contribution in [0.25, 0.3) is 0 Å². The summed E-state index contributed by atoms with van der Waals surface area (Å²) in [5.41, 5.74) is 13.3. The van der Waals surface area contributed by atoms with Gasteiger partial charge in [0.15, 0.2) is 22.5 Å². The van der Waals surface area contributed by atoms with E-state index in [2.05, 4.69) is 48.4 Å². The van der Waals surface area contributed by atoms with E-state index in [1.165, 1.54) is 0 Å². The highest BCUT2D eigenvalue weighted by Gasteiger charge is 2.28. The second-order valence-electron chi connectivity index (χ2n) is 5.45. The lowest BCUT2D eigenvalue weighted by molar-refractivity contribution is 0.0948. The Morgan fingerprint density at radius 1 is 1.40 bits per heavy atom. The van der Waals surface area contributed by atoms with E-state index in [1.807, 2.05) is 18.2 Å². The van der Waals surface area contributed by atoms with E-state index in [4.69, 9.17) is 23.1 Å². The fourth-order valence-corrected chi connectivity index (χ4v) is 3.20. The zero-order valence-corrected chi connectivity index (χ0v) is 15.7. The first-order chi connectivity index (χ1) is 11.9. The van der Waals surface area contributed by atoms with E-state index in [1.54, 1.807) is 0 Å². The van der Waals surface area contributed by atoms with E-state index in [0.717, 1.165) is 22.4 Å². The zero-order chi connectivity index (χ0) is 18.1. The first-order valence-electron chi connectivity index (χ1n) is 7.60. The summed E-state index contributed by atoms with van der Waals surface area (Å²) in [6, 6.07) is 6.00. The van der Waals surface area contributed by atoms with Crippen molar-refractivity contribution in [1.29, 1.82) is 0 Å². The number of fused-ring (bicyclic) bond motifs is 1. The van der Waals surface area contributed by atoms with Gasteiger partial charge in [-0.05, 0) is 25.1 Å². The first kappa shape index (κ1) is 17.6. The second kappa shape index (κ2) is 6.93. The normalized spacial score (nSPS) is 15.6. The van der Waals surface area contributed by atoms with E-state index in [9.17, 15) is 4.79 Å². The minimum Gasteiger partial charge on any atom is -0.382 e. The summed E-state index contributed by atoms with van der Waals surface area (Å²) in [6.07, 6.45) is -0.0864. The van der Waals surface area contributed by atoms with Crippen LogP contribution in [0.2, 0.25) is 5.15 Å². The smallest absolute Gasteiger partial charge is 0.273 e. The van der Waals surface area contributed by atoms with Crippen molar-refractivity contribution in [2.24, 2.45) is 0 Å². The van der Waals surface area contributed by atoms with Crippen molar-refractivity contribution in [3.8, 4) is 0 Å². The Morgan fingerprint density at radius 2 is 2.16 bits per heavy atom. The Morgan fingerprint density at radius 3 is 2.88 bits per heavy atom. The number of halogens is 2. The number of benzene rings is 1. The van der Waals surface area contributed by atoms with Gasteiger partial charge in [-0.1, -0.05) is 27.5 Å². The summed E-state index contributed by atoms with van der Waals surface area (Å²) in [5, 5.41) is 6.14. The predicted octanol–water partition coefficient (Wildman–Crippen LogP) is 2.06. The fraction of sp³-hybridized carbons (Fsp3) is 0.267. The minimum atomic E-state index is -0.457. The van der Waals surface area contributed by atoms with Crippen LogP contribution in [-0.2, 0) is 0 Å². The van der Waals surface area contributed by atoms with Crippen LogP contribution in [0, 0.1) is 0 Å². The third kappa shape index (κ3) is 3.42. The molecule has 0 radical (unpaired) electrons. The molecule has 0 saturated carbocycles. The van der Waals surface area contributed by atoms with Gasteiger partial charge in [-0.15, -0.1) is 0 Å². The number of nitrogen functional groups attached to an aromatic ring is 2. The highest BCUT2D eigenvalue weighted by Crippen LogP contribution is 2.36. The van der Waals surface area contributed by atoms with Gasteiger partial charge in [0, 0.05) is 11.0 Å². The number of hydrogen-bond donors (Lipinski definition) is 4. The average Bonchev–Trinajstić information content (AvgIpc) is 2.92. The molecule has 3 rings (SSSR count). The Balaban J connectivity index is 1.72. The van der Waals surface area contributed by atoms with E-state index >= 15 is 0 Å².